The maximum absolute atomic E-state index is 12.7. The standard InChI is InChI=1S/C26H34N2O4S/c1-26(28,19-27)25(29)32-16-5-2-6-17-33(30,31)24-14-12-21(13-15-24)23-11-7-10-20-8-3-4-9-22(20)18-23/h3-4,8-9,12-15,18H,2,5-7,10-11,16-17,19,27-28H2,1H3. The largest absolute Gasteiger partial charge is 0.464 e. The summed E-state index contributed by atoms with van der Waals surface area (Å²) in [6, 6.07) is 15.7. The summed E-state index contributed by atoms with van der Waals surface area (Å²) in [6.45, 7) is 1.74. The molecule has 0 aromatic heterocycles. The van der Waals surface area contributed by atoms with Gasteiger partial charge < -0.3 is 16.2 Å². The summed E-state index contributed by atoms with van der Waals surface area (Å²) in [5.41, 5.74) is 14.9. The molecule has 178 valence electrons. The van der Waals surface area contributed by atoms with Crippen molar-refractivity contribution >= 4 is 27.5 Å². The molecule has 2 aromatic carbocycles. The molecule has 1 atom stereocenters. The molecule has 0 amide bonds. The zero-order valence-electron chi connectivity index (χ0n) is 19.3. The third-order valence-electron chi connectivity index (χ3n) is 6.04. The van der Waals surface area contributed by atoms with Crippen molar-refractivity contribution in [2.24, 2.45) is 11.5 Å². The first-order valence-corrected chi connectivity index (χ1v) is 13.2. The van der Waals surface area contributed by atoms with Gasteiger partial charge in [-0.25, -0.2) is 8.42 Å². The van der Waals surface area contributed by atoms with Crippen molar-refractivity contribution in [3.8, 4) is 0 Å². The Hall–Kier alpha value is -2.48. The lowest BCUT2D eigenvalue weighted by Gasteiger charge is -2.19. The summed E-state index contributed by atoms with van der Waals surface area (Å²) in [5.74, 6) is -0.474. The quantitative estimate of drug-likeness (QED) is 0.404. The summed E-state index contributed by atoms with van der Waals surface area (Å²) < 4.78 is 30.6. The number of sulfone groups is 1. The summed E-state index contributed by atoms with van der Waals surface area (Å²) in [6.07, 6.45) is 7.05. The maximum Gasteiger partial charge on any atom is 0.327 e. The number of carbonyl (C=O) groups excluding carboxylic acids is 1. The minimum Gasteiger partial charge on any atom is -0.464 e. The third-order valence-corrected chi connectivity index (χ3v) is 7.86. The number of hydrogen-bond acceptors (Lipinski definition) is 6. The van der Waals surface area contributed by atoms with Crippen LogP contribution < -0.4 is 11.5 Å². The Balaban J connectivity index is 1.52. The second-order valence-corrected chi connectivity index (χ2v) is 11.0. The number of benzene rings is 2. The molecule has 1 aliphatic carbocycles. The summed E-state index contributed by atoms with van der Waals surface area (Å²) in [5, 5.41) is 0. The van der Waals surface area contributed by atoms with Crippen LogP contribution in [0.15, 0.2) is 53.4 Å². The fourth-order valence-corrected chi connectivity index (χ4v) is 5.21. The second-order valence-electron chi connectivity index (χ2n) is 8.88. The van der Waals surface area contributed by atoms with Gasteiger partial charge in [-0.1, -0.05) is 42.5 Å². The number of esters is 1. The fraction of sp³-hybridized carbons (Fsp3) is 0.423. The minimum atomic E-state index is -3.36. The van der Waals surface area contributed by atoms with Crippen molar-refractivity contribution in [1.82, 2.24) is 0 Å². The van der Waals surface area contributed by atoms with E-state index in [0.29, 0.717) is 24.2 Å². The Morgan fingerprint density at radius 3 is 2.48 bits per heavy atom. The maximum atomic E-state index is 12.7. The Morgan fingerprint density at radius 2 is 1.76 bits per heavy atom. The van der Waals surface area contributed by atoms with Crippen molar-refractivity contribution in [3.63, 3.8) is 0 Å². The Kier molecular flexibility index (Phi) is 8.46. The highest BCUT2D eigenvalue weighted by Gasteiger charge is 2.28. The molecule has 1 aliphatic rings. The molecule has 0 saturated heterocycles. The zero-order valence-corrected chi connectivity index (χ0v) is 20.1. The summed E-state index contributed by atoms with van der Waals surface area (Å²) >= 11 is 0. The Morgan fingerprint density at radius 1 is 1.03 bits per heavy atom. The predicted molar refractivity (Wildman–Crippen MR) is 132 cm³/mol. The van der Waals surface area contributed by atoms with Gasteiger partial charge in [0.15, 0.2) is 9.84 Å². The van der Waals surface area contributed by atoms with Crippen LogP contribution in [-0.2, 0) is 25.8 Å². The number of carbonyl (C=O) groups is 1. The molecular weight excluding hydrogens is 436 g/mol. The van der Waals surface area contributed by atoms with Crippen LogP contribution in [0.1, 0.15) is 55.7 Å². The molecule has 0 bridgehead atoms. The van der Waals surface area contributed by atoms with Crippen LogP contribution in [0.2, 0.25) is 0 Å². The number of ether oxygens (including phenoxy) is 1. The zero-order chi connectivity index (χ0) is 23.9. The second kappa shape index (κ2) is 11.1. The molecule has 33 heavy (non-hydrogen) atoms. The molecule has 6 nitrogen and oxygen atoms in total. The van der Waals surface area contributed by atoms with Gasteiger partial charge in [-0.3, -0.25) is 4.79 Å². The number of hydrogen-bond donors (Lipinski definition) is 2. The van der Waals surface area contributed by atoms with Crippen molar-refractivity contribution in [2.45, 2.75) is 55.9 Å². The molecule has 7 heteroatoms. The molecule has 0 radical (unpaired) electrons. The first kappa shape index (κ1) is 25.1. The van der Waals surface area contributed by atoms with E-state index >= 15 is 0 Å². The van der Waals surface area contributed by atoms with Gasteiger partial charge in [0.2, 0.25) is 0 Å². The van der Waals surface area contributed by atoms with Gasteiger partial charge in [-0.2, -0.15) is 0 Å². The summed E-state index contributed by atoms with van der Waals surface area (Å²) in [7, 11) is -3.36. The van der Waals surface area contributed by atoms with Gasteiger partial charge in [0, 0.05) is 6.54 Å². The van der Waals surface area contributed by atoms with E-state index in [1.165, 1.54) is 23.6 Å². The lowest BCUT2D eigenvalue weighted by atomic mass is 10.0. The molecular formula is C26H34N2O4S. The number of allylic oxidation sites excluding steroid dienone is 1. The predicted octanol–water partition coefficient (Wildman–Crippen LogP) is 3.73. The first-order chi connectivity index (χ1) is 15.7. The molecule has 0 saturated carbocycles. The van der Waals surface area contributed by atoms with Crippen LogP contribution in [0, 0.1) is 0 Å². The average Bonchev–Trinajstić information content (AvgIpc) is 3.03. The molecule has 0 spiro atoms. The van der Waals surface area contributed by atoms with Crippen LogP contribution in [0.4, 0.5) is 0 Å². The van der Waals surface area contributed by atoms with Crippen LogP contribution in [0.3, 0.4) is 0 Å². The molecule has 0 aliphatic heterocycles. The van der Waals surface area contributed by atoms with E-state index in [9.17, 15) is 13.2 Å². The third kappa shape index (κ3) is 6.76. The van der Waals surface area contributed by atoms with Crippen LogP contribution in [0.25, 0.3) is 11.6 Å². The van der Waals surface area contributed by atoms with E-state index in [-0.39, 0.29) is 18.9 Å². The van der Waals surface area contributed by atoms with E-state index in [2.05, 4.69) is 24.3 Å². The van der Waals surface area contributed by atoms with E-state index in [1.54, 1.807) is 12.1 Å². The van der Waals surface area contributed by atoms with E-state index < -0.39 is 21.3 Å². The number of nitrogens with two attached hydrogens (primary N) is 2. The number of unbranched alkanes of at least 4 members (excludes halogenated alkanes) is 2. The van der Waals surface area contributed by atoms with Gasteiger partial charge in [0.25, 0.3) is 0 Å². The molecule has 0 heterocycles. The molecule has 0 fully saturated rings. The molecule has 2 aromatic rings. The van der Waals surface area contributed by atoms with Crippen LogP contribution in [0.5, 0.6) is 0 Å². The SMILES string of the molecule is CC(N)(CN)C(=O)OCCCCCS(=O)(=O)c1ccc(C2=Cc3ccccc3CCC2)cc1. The Labute approximate surface area is 196 Å². The van der Waals surface area contributed by atoms with Gasteiger partial charge in [-0.15, -0.1) is 0 Å². The van der Waals surface area contributed by atoms with Crippen molar-refractivity contribution in [3.05, 3.63) is 65.2 Å². The molecule has 3 rings (SSSR count). The van der Waals surface area contributed by atoms with Gasteiger partial charge in [0.05, 0.1) is 17.3 Å². The van der Waals surface area contributed by atoms with Crippen molar-refractivity contribution in [1.29, 1.82) is 0 Å². The highest BCUT2D eigenvalue weighted by Crippen LogP contribution is 2.30. The smallest absolute Gasteiger partial charge is 0.327 e. The average molecular weight is 471 g/mol. The minimum absolute atomic E-state index is 0.00738. The van der Waals surface area contributed by atoms with Crippen molar-refractivity contribution in [2.75, 3.05) is 18.9 Å². The normalized spacial score (nSPS) is 15.7. The van der Waals surface area contributed by atoms with Gasteiger partial charge in [0.1, 0.15) is 5.54 Å². The monoisotopic (exact) mass is 470 g/mol. The van der Waals surface area contributed by atoms with Crippen molar-refractivity contribution < 1.29 is 17.9 Å². The number of fused-ring (bicyclic) bond motifs is 1. The Bertz CT molecular complexity index is 1090. The topological polar surface area (TPSA) is 112 Å². The molecule has 1 unspecified atom stereocenters. The first-order valence-electron chi connectivity index (χ1n) is 11.5. The van der Waals surface area contributed by atoms with Gasteiger partial charge in [-0.05, 0) is 79.8 Å². The van der Waals surface area contributed by atoms with Gasteiger partial charge >= 0.3 is 5.97 Å². The van der Waals surface area contributed by atoms with E-state index in [0.717, 1.165) is 24.8 Å². The number of aryl methyl sites for hydroxylation is 1. The van der Waals surface area contributed by atoms with Crippen LogP contribution >= 0.6 is 0 Å². The molecule has 4 N–H and O–H groups in total. The van der Waals surface area contributed by atoms with E-state index in [4.69, 9.17) is 16.2 Å². The number of rotatable bonds is 10. The van der Waals surface area contributed by atoms with Crippen LogP contribution in [-0.4, -0.2) is 38.8 Å². The highest BCUT2D eigenvalue weighted by atomic mass is 32.2. The summed E-state index contributed by atoms with van der Waals surface area (Å²) in [4.78, 5) is 12.1. The fourth-order valence-electron chi connectivity index (χ4n) is 3.84. The lowest BCUT2D eigenvalue weighted by molar-refractivity contribution is -0.149. The lowest BCUT2D eigenvalue weighted by Crippen LogP contribution is -2.52. The highest BCUT2D eigenvalue weighted by molar-refractivity contribution is 7.91. The van der Waals surface area contributed by atoms with E-state index in [1.807, 2.05) is 18.2 Å².